The number of methoxy groups -OCH3 is 2. The smallest absolute Gasteiger partial charge is 0.354 e. The van der Waals surface area contributed by atoms with Crippen molar-refractivity contribution >= 4 is 45.2 Å². The van der Waals surface area contributed by atoms with Gasteiger partial charge < -0.3 is 19.7 Å². The fourth-order valence-corrected chi connectivity index (χ4v) is 3.18. The number of anilines is 2. The fraction of sp³-hybridized carbons (Fsp3) is 0.312. The largest absolute Gasteiger partial charge is 0.466 e. The number of amides is 1. The van der Waals surface area contributed by atoms with Gasteiger partial charge in [0.05, 0.1) is 26.0 Å². The maximum Gasteiger partial charge on any atom is 0.354 e. The zero-order valence-electron chi connectivity index (χ0n) is 13.5. The van der Waals surface area contributed by atoms with Gasteiger partial charge in [0, 0.05) is 23.6 Å². The van der Waals surface area contributed by atoms with Gasteiger partial charge in [-0.25, -0.2) is 9.59 Å². The summed E-state index contributed by atoms with van der Waals surface area (Å²) >= 11 is 3.45. The Morgan fingerprint density at radius 2 is 1.96 bits per heavy atom. The minimum absolute atomic E-state index is 0.0315. The van der Waals surface area contributed by atoms with E-state index in [9.17, 15) is 14.4 Å². The van der Waals surface area contributed by atoms with Gasteiger partial charge in [-0.3, -0.25) is 4.79 Å². The number of hydrogen-bond acceptors (Lipinski definition) is 6. The van der Waals surface area contributed by atoms with Crippen molar-refractivity contribution in [2.75, 3.05) is 31.0 Å². The lowest BCUT2D eigenvalue weighted by Crippen LogP contribution is -2.26. The Kier molecular flexibility index (Phi) is 5.61. The van der Waals surface area contributed by atoms with E-state index in [0.29, 0.717) is 18.7 Å². The molecule has 24 heavy (non-hydrogen) atoms. The van der Waals surface area contributed by atoms with Crippen molar-refractivity contribution < 1.29 is 23.9 Å². The minimum atomic E-state index is -0.692. The number of esters is 2. The molecule has 1 aromatic rings. The normalized spacial score (nSPS) is 13.3. The molecule has 1 aliphatic rings. The molecule has 0 atom stereocenters. The Morgan fingerprint density at radius 1 is 1.25 bits per heavy atom. The van der Waals surface area contributed by atoms with Crippen LogP contribution in [0.2, 0.25) is 0 Å². The molecule has 0 spiro atoms. The van der Waals surface area contributed by atoms with Crippen LogP contribution in [0.4, 0.5) is 11.4 Å². The van der Waals surface area contributed by atoms with Crippen LogP contribution in [0.1, 0.15) is 12.5 Å². The highest BCUT2D eigenvalue weighted by Gasteiger charge is 2.25. The molecule has 1 aliphatic heterocycles. The van der Waals surface area contributed by atoms with Crippen molar-refractivity contribution in [2.45, 2.75) is 13.3 Å². The maximum absolute atomic E-state index is 11.8. The maximum atomic E-state index is 11.8. The molecule has 0 bridgehead atoms. The topological polar surface area (TPSA) is 84.9 Å². The van der Waals surface area contributed by atoms with Crippen molar-refractivity contribution in [3.05, 3.63) is 33.9 Å². The second kappa shape index (κ2) is 7.48. The van der Waals surface area contributed by atoms with Gasteiger partial charge in [0.2, 0.25) is 5.91 Å². The summed E-state index contributed by atoms with van der Waals surface area (Å²) in [5.41, 5.74) is 2.33. The third-order valence-corrected chi connectivity index (χ3v) is 4.15. The quantitative estimate of drug-likeness (QED) is 0.618. The van der Waals surface area contributed by atoms with Gasteiger partial charge in [-0.2, -0.15) is 0 Å². The molecule has 0 radical (unpaired) electrons. The molecule has 128 valence electrons. The van der Waals surface area contributed by atoms with Crippen LogP contribution in [0, 0.1) is 0 Å². The molecule has 0 fully saturated rings. The number of nitrogens with one attached hydrogen (secondary N) is 1. The van der Waals surface area contributed by atoms with Crippen LogP contribution in [0.5, 0.6) is 0 Å². The van der Waals surface area contributed by atoms with Crippen LogP contribution in [-0.4, -0.2) is 38.6 Å². The highest BCUT2D eigenvalue weighted by atomic mass is 79.9. The second-order valence-electron chi connectivity index (χ2n) is 5.08. The first kappa shape index (κ1) is 18.0. The van der Waals surface area contributed by atoms with E-state index >= 15 is 0 Å². The molecule has 0 aromatic heterocycles. The van der Waals surface area contributed by atoms with Crippen molar-refractivity contribution in [1.29, 1.82) is 0 Å². The van der Waals surface area contributed by atoms with E-state index in [1.54, 1.807) is 11.0 Å². The lowest BCUT2D eigenvalue weighted by Gasteiger charge is -2.17. The molecule has 1 N–H and O–H groups in total. The lowest BCUT2D eigenvalue weighted by atomic mass is 10.1. The predicted octanol–water partition coefficient (Wildman–Crippen LogP) is 2.00. The first-order chi connectivity index (χ1) is 11.4. The van der Waals surface area contributed by atoms with E-state index in [0.717, 1.165) is 21.8 Å². The number of benzene rings is 1. The van der Waals surface area contributed by atoms with E-state index in [1.165, 1.54) is 21.1 Å². The Labute approximate surface area is 147 Å². The monoisotopic (exact) mass is 396 g/mol. The average molecular weight is 397 g/mol. The third-order valence-electron chi connectivity index (χ3n) is 3.54. The van der Waals surface area contributed by atoms with Crippen LogP contribution in [0.15, 0.2) is 28.4 Å². The van der Waals surface area contributed by atoms with E-state index in [2.05, 4.69) is 30.7 Å². The highest BCUT2D eigenvalue weighted by Crippen LogP contribution is 2.38. The van der Waals surface area contributed by atoms with Gasteiger partial charge in [0.1, 0.15) is 5.70 Å². The molecule has 0 unspecified atom stereocenters. The number of nitrogens with zero attached hydrogens (tertiary/aromatic N) is 1. The first-order valence-corrected chi connectivity index (χ1v) is 7.92. The van der Waals surface area contributed by atoms with Crippen molar-refractivity contribution in [3.63, 3.8) is 0 Å². The molecule has 1 heterocycles. The molecular weight excluding hydrogens is 380 g/mol. The summed E-state index contributed by atoms with van der Waals surface area (Å²) in [5, 5.41) is 2.86. The lowest BCUT2D eigenvalue weighted by molar-refractivity contribution is -0.138. The average Bonchev–Trinajstić information content (AvgIpc) is 2.98. The zero-order valence-corrected chi connectivity index (χ0v) is 15.1. The molecule has 7 nitrogen and oxygen atoms in total. The van der Waals surface area contributed by atoms with E-state index in [4.69, 9.17) is 0 Å². The number of carbonyl (C=O) groups excluding carboxylic acids is 3. The summed E-state index contributed by atoms with van der Waals surface area (Å²) in [6, 6.07) is 3.56. The molecular formula is C16H17BrN2O5. The summed E-state index contributed by atoms with van der Waals surface area (Å²) in [6.07, 6.45) is 1.73. The van der Waals surface area contributed by atoms with Crippen LogP contribution < -0.4 is 10.2 Å². The Bertz CT molecular complexity index is 729. The minimum Gasteiger partial charge on any atom is -0.466 e. The third kappa shape index (κ3) is 3.76. The second-order valence-corrected chi connectivity index (χ2v) is 5.94. The SMILES string of the molecule is COC(=O)/C=C(/Nc1cc(Br)c2c(c1)CCN2C(C)=O)C(=O)OC. The highest BCUT2D eigenvalue weighted by molar-refractivity contribution is 9.10. The van der Waals surface area contributed by atoms with Crippen LogP contribution in [0.25, 0.3) is 0 Å². The van der Waals surface area contributed by atoms with Gasteiger partial charge in [0.25, 0.3) is 0 Å². The number of ether oxygens (including phenoxy) is 2. The Hall–Kier alpha value is -2.35. The number of carbonyl (C=O) groups is 3. The zero-order chi connectivity index (χ0) is 17.9. The predicted molar refractivity (Wildman–Crippen MR) is 91.6 cm³/mol. The molecule has 1 amide bonds. The van der Waals surface area contributed by atoms with Crippen LogP contribution in [-0.2, 0) is 30.3 Å². The molecule has 0 saturated heterocycles. The Balaban J connectivity index is 2.35. The molecule has 2 rings (SSSR count). The molecule has 0 aliphatic carbocycles. The number of fused-ring (bicyclic) bond motifs is 1. The van der Waals surface area contributed by atoms with E-state index < -0.39 is 11.9 Å². The van der Waals surface area contributed by atoms with Gasteiger partial charge in [-0.15, -0.1) is 0 Å². The fourth-order valence-electron chi connectivity index (χ4n) is 2.47. The summed E-state index contributed by atoms with van der Waals surface area (Å²) in [7, 11) is 2.44. The summed E-state index contributed by atoms with van der Waals surface area (Å²) in [4.78, 5) is 36.6. The number of hydrogen-bond donors (Lipinski definition) is 1. The standard InChI is InChI=1S/C16H17BrN2O5/c1-9(20)19-5-4-10-6-11(7-12(17)15(10)19)18-13(16(22)24-3)8-14(21)23-2/h6-8,18H,4-5H2,1-3H3/b13-8+. The van der Waals surface area contributed by atoms with Gasteiger partial charge in [0.15, 0.2) is 0 Å². The summed E-state index contributed by atoms with van der Waals surface area (Å²) < 4.78 is 9.91. The van der Waals surface area contributed by atoms with E-state index in [-0.39, 0.29) is 11.6 Å². The number of rotatable bonds is 4. The number of halogens is 1. The summed E-state index contributed by atoms with van der Waals surface area (Å²) in [6.45, 7) is 2.12. The molecule has 0 saturated carbocycles. The van der Waals surface area contributed by atoms with Gasteiger partial charge >= 0.3 is 11.9 Å². The molecule has 1 aromatic carbocycles. The first-order valence-electron chi connectivity index (χ1n) is 7.13. The summed E-state index contributed by atoms with van der Waals surface area (Å²) in [5.74, 6) is -1.40. The van der Waals surface area contributed by atoms with Gasteiger partial charge in [-0.05, 0) is 40.0 Å². The Morgan fingerprint density at radius 3 is 2.54 bits per heavy atom. The van der Waals surface area contributed by atoms with Crippen molar-refractivity contribution in [2.24, 2.45) is 0 Å². The van der Waals surface area contributed by atoms with E-state index in [1.807, 2.05) is 6.07 Å². The molecule has 8 heteroatoms. The van der Waals surface area contributed by atoms with Gasteiger partial charge in [-0.1, -0.05) is 0 Å². The van der Waals surface area contributed by atoms with Crippen molar-refractivity contribution in [1.82, 2.24) is 0 Å². The van der Waals surface area contributed by atoms with Crippen molar-refractivity contribution in [3.8, 4) is 0 Å². The van der Waals surface area contributed by atoms with Crippen LogP contribution in [0.3, 0.4) is 0 Å². The van der Waals surface area contributed by atoms with Crippen LogP contribution >= 0.6 is 15.9 Å².